The van der Waals surface area contributed by atoms with E-state index in [2.05, 4.69) is 20.5 Å². The SMILES string of the molecule is O=C(Nc1ccc(-c2n[nH]cc2-c2nc3ccccc3o2)cc1)c1cc2ccccc2oc1=O. The summed E-state index contributed by atoms with van der Waals surface area (Å²) in [5.74, 6) is -0.0791. The Kier molecular flexibility index (Phi) is 4.55. The molecule has 0 atom stereocenters. The first-order valence-corrected chi connectivity index (χ1v) is 10.5. The predicted molar refractivity (Wildman–Crippen MR) is 127 cm³/mol. The van der Waals surface area contributed by atoms with Crippen molar-refractivity contribution in [2.45, 2.75) is 0 Å². The third-order valence-corrected chi connectivity index (χ3v) is 5.47. The average Bonchev–Trinajstić information content (AvgIpc) is 3.51. The van der Waals surface area contributed by atoms with E-state index >= 15 is 0 Å². The minimum Gasteiger partial charge on any atom is -0.436 e. The first-order chi connectivity index (χ1) is 16.7. The van der Waals surface area contributed by atoms with Gasteiger partial charge in [0.1, 0.15) is 22.4 Å². The molecule has 0 spiro atoms. The van der Waals surface area contributed by atoms with Gasteiger partial charge >= 0.3 is 5.63 Å². The summed E-state index contributed by atoms with van der Waals surface area (Å²) in [7, 11) is 0. The van der Waals surface area contributed by atoms with Crippen LogP contribution in [-0.4, -0.2) is 21.1 Å². The van der Waals surface area contributed by atoms with Crippen LogP contribution in [0.1, 0.15) is 10.4 Å². The van der Waals surface area contributed by atoms with Gasteiger partial charge in [0.25, 0.3) is 5.91 Å². The van der Waals surface area contributed by atoms with E-state index < -0.39 is 11.5 Å². The third kappa shape index (κ3) is 3.43. The number of hydrogen-bond donors (Lipinski definition) is 2. The number of nitrogens with one attached hydrogen (secondary N) is 2. The number of benzene rings is 3. The Hall–Kier alpha value is -4.98. The monoisotopic (exact) mass is 448 g/mol. The molecule has 0 unspecified atom stereocenters. The maximum absolute atomic E-state index is 12.7. The molecule has 0 aliphatic carbocycles. The first kappa shape index (κ1) is 19.7. The number of anilines is 1. The number of carbonyl (C=O) groups is 1. The Morgan fingerprint density at radius 1 is 0.882 bits per heavy atom. The van der Waals surface area contributed by atoms with Crippen molar-refractivity contribution in [2.24, 2.45) is 0 Å². The molecule has 0 bridgehead atoms. The second kappa shape index (κ2) is 7.86. The summed E-state index contributed by atoms with van der Waals surface area (Å²) in [5.41, 5.74) is 3.87. The minimum atomic E-state index is -0.688. The second-order valence-corrected chi connectivity index (χ2v) is 7.65. The lowest BCUT2D eigenvalue weighted by Crippen LogP contribution is -2.20. The summed E-state index contributed by atoms with van der Waals surface area (Å²) >= 11 is 0. The highest BCUT2D eigenvalue weighted by Gasteiger charge is 2.17. The molecule has 8 heteroatoms. The fourth-order valence-electron chi connectivity index (χ4n) is 3.79. The first-order valence-electron chi connectivity index (χ1n) is 10.5. The van der Waals surface area contributed by atoms with Crippen LogP contribution in [0.15, 0.2) is 98.7 Å². The highest BCUT2D eigenvalue weighted by atomic mass is 16.4. The number of para-hydroxylation sites is 3. The maximum Gasteiger partial charge on any atom is 0.349 e. The molecule has 0 fully saturated rings. The molecular formula is C26H16N4O4. The number of aromatic amines is 1. The Bertz CT molecular complexity index is 1690. The van der Waals surface area contributed by atoms with E-state index in [0.29, 0.717) is 33.8 Å². The fraction of sp³-hybridized carbons (Fsp3) is 0. The zero-order valence-electron chi connectivity index (χ0n) is 17.6. The van der Waals surface area contributed by atoms with E-state index in [1.807, 2.05) is 42.5 Å². The molecule has 6 aromatic rings. The van der Waals surface area contributed by atoms with Crippen molar-refractivity contribution in [2.75, 3.05) is 5.32 Å². The van der Waals surface area contributed by atoms with Crippen molar-refractivity contribution in [1.29, 1.82) is 0 Å². The number of nitrogens with zero attached hydrogens (tertiary/aromatic N) is 2. The lowest BCUT2D eigenvalue weighted by Gasteiger charge is -2.06. The number of amides is 1. The highest BCUT2D eigenvalue weighted by Crippen LogP contribution is 2.32. The minimum absolute atomic E-state index is 0.0617. The van der Waals surface area contributed by atoms with Crippen LogP contribution in [0.3, 0.4) is 0 Å². The molecule has 3 aromatic carbocycles. The van der Waals surface area contributed by atoms with Crippen LogP contribution in [0.5, 0.6) is 0 Å². The van der Waals surface area contributed by atoms with Crippen molar-refractivity contribution in [3.8, 4) is 22.7 Å². The molecule has 0 aliphatic heterocycles. The van der Waals surface area contributed by atoms with Gasteiger partial charge in [0.05, 0.1) is 5.56 Å². The van der Waals surface area contributed by atoms with Crippen LogP contribution >= 0.6 is 0 Å². The fourth-order valence-corrected chi connectivity index (χ4v) is 3.79. The summed E-state index contributed by atoms with van der Waals surface area (Å²) in [4.78, 5) is 29.5. The Balaban J connectivity index is 1.26. The maximum atomic E-state index is 12.7. The Morgan fingerprint density at radius 3 is 2.47 bits per heavy atom. The Morgan fingerprint density at radius 2 is 1.65 bits per heavy atom. The van der Waals surface area contributed by atoms with Crippen molar-refractivity contribution >= 4 is 33.7 Å². The zero-order valence-corrected chi connectivity index (χ0v) is 17.6. The normalized spacial score (nSPS) is 11.2. The second-order valence-electron chi connectivity index (χ2n) is 7.65. The van der Waals surface area contributed by atoms with Gasteiger partial charge in [-0.3, -0.25) is 9.89 Å². The molecule has 3 aromatic heterocycles. The van der Waals surface area contributed by atoms with E-state index in [9.17, 15) is 9.59 Å². The Labute approximate surface area is 191 Å². The summed E-state index contributed by atoms with van der Waals surface area (Å²) in [6.45, 7) is 0. The number of fused-ring (bicyclic) bond motifs is 2. The van der Waals surface area contributed by atoms with Gasteiger partial charge < -0.3 is 14.2 Å². The molecule has 0 saturated heterocycles. The molecule has 164 valence electrons. The van der Waals surface area contributed by atoms with Crippen LogP contribution in [0.4, 0.5) is 5.69 Å². The van der Waals surface area contributed by atoms with E-state index in [4.69, 9.17) is 8.83 Å². The number of oxazole rings is 1. The molecule has 6 rings (SSSR count). The third-order valence-electron chi connectivity index (χ3n) is 5.47. The van der Waals surface area contributed by atoms with Gasteiger partial charge in [-0.15, -0.1) is 0 Å². The molecule has 8 nitrogen and oxygen atoms in total. The van der Waals surface area contributed by atoms with Crippen molar-refractivity contribution in [3.63, 3.8) is 0 Å². The van der Waals surface area contributed by atoms with Crippen molar-refractivity contribution in [3.05, 3.63) is 101 Å². The smallest absolute Gasteiger partial charge is 0.349 e. The van der Waals surface area contributed by atoms with Crippen LogP contribution in [-0.2, 0) is 0 Å². The van der Waals surface area contributed by atoms with Crippen LogP contribution in [0.2, 0.25) is 0 Å². The van der Waals surface area contributed by atoms with Gasteiger partial charge in [-0.1, -0.05) is 42.5 Å². The molecule has 0 aliphatic rings. The van der Waals surface area contributed by atoms with Crippen molar-refractivity contribution < 1.29 is 13.6 Å². The summed E-state index contributed by atoms with van der Waals surface area (Å²) in [6, 6.07) is 23.2. The highest BCUT2D eigenvalue weighted by molar-refractivity contribution is 6.05. The van der Waals surface area contributed by atoms with E-state index in [1.165, 1.54) is 6.07 Å². The van der Waals surface area contributed by atoms with Gasteiger partial charge in [-0.25, -0.2) is 9.78 Å². The van der Waals surface area contributed by atoms with E-state index in [-0.39, 0.29) is 5.56 Å². The molecule has 0 saturated carbocycles. The molecule has 3 heterocycles. The van der Waals surface area contributed by atoms with Gasteiger partial charge in [0.2, 0.25) is 5.89 Å². The number of carbonyl (C=O) groups excluding carboxylic acids is 1. The van der Waals surface area contributed by atoms with Gasteiger partial charge in [-0.05, 0) is 36.4 Å². The topological polar surface area (TPSA) is 114 Å². The van der Waals surface area contributed by atoms with Gasteiger partial charge in [-0.2, -0.15) is 5.10 Å². The lowest BCUT2D eigenvalue weighted by molar-refractivity contribution is 0.102. The average molecular weight is 448 g/mol. The van der Waals surface area contributed by atoms with Crippen molar-refractivity contribution in [1.82, 2.24) is 15.2 Å². The van der Waals surface area contributed by atoms with E-state index in [1.54, 1.807) is 36.5 Å². The number of aromatic nitrogens is 3. The largest absolute Gasteiger partial charge is 0.436 e. The lowest BCUT2D eigenvalue weighted by atomic mass is 10.1. The van der Waals surface area contributed by atoms with Gasteiger partial charge in [0, 0.05) is 22.8 Å². The molecule has 2 N–H and O–H groups in total. The standard InChI is InChI=1S/C26H16N4O4/c31-24(18-13-16-5-1-3-7-21(16)34-26(18)32)28-17-11-9-15(10-12-17)23-19(14-27-30-23)25-29-20-6-2-4-8-22(20)33-25/h1-14H,(H,27,30)(H,28,31). The van der Waals surface area contributed by atoms with Crippen LogP contribution < -0.4 is 10.9 Å². The molecule has 1 amide bonds. The number of rotatable bonds is 4. The molecular weight excluding hydrogens is 432 g/mol. The zero-order chi connectivity index (χ0) is 23.1. The summed E-state index contributed by atoms with van der Waals surface area (Å²) < 4.78 is 11.1. The van der Waals surface area contributed by atoms with E-state index in [0.717, 1.165) is 16.6 Å². The summed E-state index contributed by atoms with van der Waals surface area (Å²) in [5, 5.41) is 10.6. The van der Waals surface area contributed by atoms with Crippen LogP contribution in [0.25, 0.3) is 44.8 Å². The van der Waals surface area contributed by atoms with Crippen LogP contribution in [0, 0.1) is 0 Å². The summed E-state index contributed by atoms with van der Waals surface area (Å²) in [6.07, 6.45) is 1.73. The number of hydrogen-bond acceptors (Lipinski definition) is 6. The van der Waals surface area contributed by atoms with Gasteiger partial charge in [0.15, 0.2) is 5.58 Å². The molecule has 34 heavy (non-hydrogen) atoms. The number of H-pyrrole nitrogens is 1. The molecule has 0 radical (unpaired) electrons. The predicted octanol–water partition coefficient (Wildman–Crippen LogP) is 5.24. The quantitative estimate of drug-likeness (QED) is 0.356.